The minimum atomic E-state index is -0.985. The number of likely N-dealkylation sites (tertiary alicyclic amines) is 4. The summed E-state index contributed by atoms with van der Waals surface area (Å²) in [4.78, 5) is 119. The van der Waals surface area contributed by atoms with Crippen LogP contribution in [0.1, 0.15) is 138 Å². The zero-order valence-corrected chi connectivity index (χ0v) is 86.2. The number of ketones is 1. The summed E-state index contributed by atoms with van der Waals surface area (Å²) in [5, 5.41) is 28.1. The number of carboxylic acid groups (broad SMARTS) is 1. The van der Waals surface area contributed by atoms with Gasteiger partial charge in [0.25, 0.3) is 5.91 Å². The summed E-state index contributed by atoms with van der Waals surface area (Å²) in [7, 11) is 0. The molecule has 12 aliphatic rings. The topological polar surface area (TPSA) is 321 Å². The number of Topliss-reactive ketones (excluding diaryl/α,β-unsaturated/α-hetero) is 1. The van der Waals surface area contributed by atoms with Crippen molar-refractivity contribution >= 4 is 138 Å². The van der Waals surface area contributed by atoms with Gasteiger partial charge in [-0.2, -0.15) is 5.26 Å². The molecule has 1 saturated carbocycles. The molecule has 6 spiro atoms. The first-order valence-electron chi connectivity index (χ1n) is 48.5. The van der Waals surface area contributed by atoms with Crippen molar-refractivity contribution in [3.8, 4) is 6.07 Å². The number of anilines is 5. The number of nitrogens with zero attached hydrogens (tertiary/aromatic N) is 17. The number of hydrogen-bond acceptors (Lipinski definition) is 20. The number of nitrogens with one attached hydrogen (secondary N) is 3. The fraction of sp³-hybridized carbons (Fsp3) is 0.440. The Morgan fingerprint density at radius 1 is 0.469 bits per heavy atom. The molecule has 0 radical (unpaired) electrons. The van der Waals surface area contributed by atoms with Crippen molar-refractivity contribution in [1.29, 1.82) is 5.26 Å². The molecule has 0 atom stereocenters. The summed E-state index contributed by atoms with van der Waals surface area (Å²) in [6.45, 7) is 63.9. The third kappa shape index (κ3) is 24.6. The van der Waals surface area contributed by atoms with Crippen LogP contribution in [0.15, 0.2) is 187 Å². The lowest BCUT2D eigenvalue weighted by atomic mass is 9.57. The summed E-state index contributed by atoms with van der Waals surface area (Å²) in [5.41, 5.74) is 21.4. The maximum atomic E-state index is 13.0. The summed E-state index contributed by atoms with van der Waals surface area (Å²) in [5.74, 6) is -0.150. The predicted octanol–water partition coefficient (Wildman–Crippen LogP) is 17.3. The highest BCUT2D eigenvalue weighted by molar-refractivity contribution is 9.10. The van der Waals surface area contributed by atoms with Crippen molar-refractivity contribution in [2.24, 2.45) is 44.1 Å². The number of halogens is 3. The van der Waals surface area contributed by atoms with Crippen LogP contribution in [0, 0.1) is 69.5 Å². The van der Waals surface area contributed by atoms with Gasteiger partial charge in [0.2, 0.25) is 11.8 Å². The zero-order chi connectivity index (χ0) is 102. The van der Waals surface area contributed by atoms with E-state index in [0.717, 1.165) is 171 Å². The van der Waals surface area contributed by atoms with E-state index in [0.29, 0.717) is 108 Å². The highest BCUT2D eigenvalue weighted by atomic mass is 79.9. The van der Waals surface area contributed by atoms with Crippen LogP contribution in [-0.2, 0) is 49.8 Å². The van der Waals surface area contributed by atoms with Gasteiger partial charge in [0.1, 0.15) is 34.0 Å². The highest BCUT2D eigenvalue weighted by Crippen LogP contribution is 2.54. The maximum absolute atomic E-state index is 13.0. The second-order valence-corrected chi connectivity index (χ2v) is 44.1. The number of ether oxygens (including phenoxy) is 2. The summed E-state index contributed by atoms with van der Waals surface area (Å²) >= 11 is 15.2. The van der Waals surface area contributed by atoms with E-state index in [1.165, 1.54) is 45.8 Å². The Kier molecular flexibility index (Phi) is 31.3. The van der Waals surface area contributed by atoms with Crippen molar-refractivity contribution in [2.45, 2.75) is 126 Å². The Bertz CT molecular complexity index is 6460. The Morgan fingerprint density at radius 2 is 0.790 bits per heavy atom. The molecule has 0 unspecified atom stereocenters. The summed E-state index contributed by atoms with van der Waals surface area (Å²) in [6, 6.07) is 56.3. The summed E-state index contributed by atoms with van der Waals surface area (Å²) in [6.07, 6.45) is 6.24. The number of amides is 5. The molecule has 143 heavy (non-hydrogen) atoms. The number of rotatable bonds is 13. The normalized spacial score (nSPS) is 18.2. The van der Waals surface area contributed by atoms with E-state index in [1.807, 2.05) is 162 Å². The number of aromatic nitrogens is 4. The number of nitriles is 1. The molecule has 4 aromatic heterocycles. The number of fused-ring (bicyclic) bond motifs is 2. The molecule has 748 valence electrons. The maximum Gasteiger partial charge on any atom is 0.410 e. The van der Waals surface area contributed by atoms with Gasteiger partial charge in [-0.05, 0) is 194 Å². The first kappa shape index (κ1) is 104. The molecule has 0 bridgehead atoms. The number of hydrogen-bond donors (Lipinski definition) is 5. The fourth-order valence-electron chi connectivity index (χ4n) is 20.4. The van der Waals surface area contributed by atoms with Gasteiger partial charge in [0.05, 0.1) is 52.8 Å². The van der Waals surface area contributed by atoms with Gasteiger partial charge >= 0.3 is 18.2 Å². The number of nitrogens with two attached hydrogens (primary N) is 1. The Balaban J connectivity index is 0.000000126. The highest BCUT2D eigenvalue weighted by Gasteiger charge is 2.58. The average Bonchev–Trinajstić information content (AvgIpc) is 1.24. The van der Waals surface area contributed by atoms with Crippen molar-refractivity contribution < 1.29 is 48.1 Å². The quantitative estimate of drug-likeness (QED) is 0.0670. The molecule has 11 aliphatic heterocycles. The number of carbonyl (C=O) groups excluding carboxylic acids is 6. The average molecular weight is 2040 g/mol. The molecular formula is C109H126BrCl2N21O10. The van der Waals surface area contributed by atoms with Crippen molar-refractivity contribution in [2.75, 3.05) is 168 Å². The number of carboxylic acids is 1. The number of aryl methyl sites for hydroxylation is 2. The molecule has 31 nitrogen and oxygen atoms in total. The minimum absolute atomic E-state index is 0.157. The number of imidazole rings is 2. The predicted molar refractivity (Wildman–Crippen MR) is 560 cm³/mol. The second-order valence-electron chi connectivity index (χ2n) is 42.3. The van der Waals surface area contributed by atoms with Gasteiger partial charge in [-0.1, -0.05) is 114 Å². The molecule has 12 fully saturated rings. The molecule has 34 heteroatoms. The van der Waals surface area contributed by atoms with Crippen LogP contribution in [0.5, 0.6) is 0 Å². The van der Waals surface area contributed by atoms with E-state index in [4.69, 9.17) is 68.5 Å². The molecule has 1 aliphatic carbocycles. The molecular weight excluding hydrogens is 1910 g/mol. The Hall–Kier alpha value is -13.3. The third-order valence-electron chi connectivity index (χ3n) is 28.3. The molecule has 10 aromatic rings. The number of pyridine rings is 2. The Morgan fingerprint density at radius 3 is 1.10 bits per heavy atom. The van der Waals surface area contributed by atoms with Gasteiger partial charge in [0, 0.05) is 255 Å². The van der Waals surface area contributed by atoms with E-state index in [9.17, 15) is 33.6 Å². The minimum Gasteiger partial charge on any atom is -0.477 e. The largest absolute Gasteiger partial charge is 0.477 e. The lowest BCUT2D eigenvalue weighted by Crippen LogP contribution is -2.73. The van der Waals surface area contributed by atoms with Crippen molar-refractivity contribution in [3.05, 3.63) is 270 Å². The van der Waals surface area contributed by atoms with Gasteiger partial charge in [-0.25, -0.2) is 38.9 Å². The van der Waals surface area contributed by atoms with Gasteiger partial charge < -0.3 is 80.4 Å². The second kappa shape index (κ2) is 43.1. The van der Waals surface area contributed by atoms with E-state index in [1.54, 1.807) is 77.7 Å². The standard InChI is InChI=1S/C25H27ClN4O2.C17H21N3O2.C14H15N3O.C14H19N3O.C12H13N3.C10H9ClN2O2.C10H18N2O2.C7H4BrN/c1-3-21-23(30-13-19(26)6-9-22(30)28-21)24(32)27-12-17-4-7-20(8-5-17)29-14-25(15-29)10-18(11-25)16(2)31;1-16(2,3)22-15(21)20-11-17(12-20)9-19(10-17)14-7-5-13(18-4)6-8-14;1-11(18)16-7-14(8-16)9-17(10-14)13-5-3-12(15-2)4-6-13;1-11(18)16-7-14(8-16)9-17(10-14)13-4-2-12(6-15)3-5-13;1-13-10-2-4-11(5-3-10)15-8-12(9-15)6-14-7-12;1-2-7-9(10(14)15)13-5-6(11)3-4-8(13)12-7;1-9(2,3)14-8(13)12-6-10(7-12)4-11-5-10;8-7-3-1-6(5-9)2-4-7/h4-9,13,18H,3,10-12,14-15H2,1-2H3,(H,27,32);5-8H,9-12H2,1-3H3;3-6H,7-10H2,1H3;2-5H,6-10,15H2,1H3;2-5,14H,6-9H2;3-5H,2H2,1H3,(H,14,15);11H,4-7H2,1-3H3;1-4H. The van der Waals surface area contributed by atoms with E-state index in [2.05, 4.69) is 129 Å². The van der Waals surface area contributed by atoms with Gasteiger partial charge in [-0.3, -0.25) is 28.0 Å². The number of benzene rings is 6. The van der Waals surface area contributed by atoms with Crippen LogP contribution in [0.25, 0.3) is 25.8 Å². The monoisotopic (exact) mass is 2040 g/mol. The van der Waals surface area contributed by atoms with Gasteiger partial charge in [-0.15, -0.1) is 0 Å². The van der Waals surface area contributed by atoms with Crippen LogP contribution < -0.4 is 46.2 Å². The van der Waals surface area contributed by atoms with Crippen LogP contribution in [0.2, 0.25) is 10.0 Å². The lowest BCUT2D eigenvalue weighted by Gasteiger charge is -2.60. The zero-order valence-electron chi connectivity index (χ0n) is 83.1. The Labute approximate surface area is 855 Å². The SMILES string of the molecule is CC(=O)N1CC2(C1)CN(c1ccc(CN)cc1)C2.CC(C)(C)OC(=O)N1CC2(CNC2)C1.CCc1nc2ccc(Cl)cn2c1C(=O)NCc1ccc(N2CC3(CC(C(C)=O)C3)C2)cc1.CCc1nc2ccc(Cl)cn2c1C(=O)O.N#Cc1ccc(Br)cc1.[C-]#[N+]c1ccc(N2CC3(CN(C(=O)OC(C)(C)C)C3)C2)cc1.[C-]#[N+]c1ccc(N2CC3(CN(C(C)=O)C3)C2)cc1.[C-]#[N+]c1ccc(N2CC3(CNC3)C2)cc1. The van der Waals surface area contributed by atoms with Crippen LogP contribution >= 0.6 is 39.1 Å². The van der Waals surface area contributed by atoms with Crippen molar-refractivity contribution in [1.82, 2.24) is 54.3 Å². The first-order valence-corrected chi connectivity index (χ1v) is 50.1. The third-order valence-corrected chi connectivity index (χ3v) is 29.3. The molecule has 6 aromatic carbocycles. The molecule has 5 amide bonds. The van der Waals surface area contributed by atoms with Crippen molar-refractivity contribution in [3.63, 3.8) is 0 Å². The lowest BCUT2D eigenvalue weighted by molar-refractivity contribution is -0.143. The number of carbonyl (C=O) groups is 7. The van der Waals surface area contributed by atoms with Crippen LogP contribution in [0.4, 0.5) is 55.1 Å². The molecule has 11 saturated heterocycles. The summed E-state index contributed by atoms with van der Waals surface area (Å²) < 4.78 is 14.9. The fourth-order valence-corrected chi connectivity index (χ4v) is 21.0. The van der Waals surface area contributed by atoms with E-state index < -0.39 is 11.6 Å². The van der Waals surface area contributed by atoms with Crippen LogP contribution in [0.3, 0.4) is 0 Å². The number of aromatic carboxylic acids is 1. The van der Waals surface area contributed by atoms with Gasteiger partial charge in [0.15, 0.2) is 22.8 Å². The molecule has 15 heterocycles. The van der Waals surface area contributed by atoms with E-state index >= 15 is 0 Å². The smallest absolute Gasteiger partial charge is 0.410 e. The van der Waals surface area contributed by atoms with Crippen LogP contribution in [-0.4, -0.2) is 240 Å². The van der Waals surface area contributed by atoms with E-state index in [-0.39, 0.29) is 52.5 Å². The molecule has 22 rings (SSSR count). The molecule has 6 N–H and O–H groups in total. The first-order chi connectivity index (χ1) is 68.1.